The molecule has 0 spiro atoms. The summed E-state index contributed by atoms with van der Waals surface area (Å²) in [5.74, 6) is 0. The van der Waals surface area contributed by atoms with Crippen molar-refractivity contribution in [2.75, 3.05) is 0 Å². The van der Waals surface area contributed by atoms with E-state index in [0.29, 0.717) is 0 Å². The van der Waals surface area contributed by atoms with Gasteiger partial charge in [0.25, 0.3) is 0 Å². The number of nitrogens with zero attached hydrogens (tertiary/aromatic N) is 1. The number of hydrogen-bond donors (Lipinski definition) is 0. The van der Waals surface area contributed by atoms with Crippen molar-refractivity contribution in [2.45, 2.75) is 0 Å². The van der Waals surface area contributed by atoms with Crippen molar-refractivity contribution < 1.29 is 20.1 Å². The molecule has 1 radical (unpaired) electrons. The largest absolute Gasteiger partial charge is 0.296 e. The molecular formula is C11H8IrN-. The number of benzene rings is 1. The molecule has 0 bridgehead atoms. The van der Waals surface area contributed by atoms with Crippen LogP contribution in [0.1, 0.15) is 0 Å². The molecule has 1 nitrogen and oxygen atoms in total. The first-order valence-electron chi connectivity index (χ1n) is 3.85. The van der Waals surface area contributed by atoms with Gasteiger partial charge in [0.15, 0.2) is 0 Å². The summed E-state index contributed by atoms with van der Waals surface area (Å²) in [6, 6.07) is 16.9. The smallest absolute Gasteiger partial charge is 0 e. The van der Waals surface area contributed by atoms with Crippen molar-refractivity contribution >= 4 is 0 Å². The Morgan fingerprint density at radius 3 is 2.38 bits per heavy atom. The monoisotopic (exact) mass is 347 g/mol. The maximum Gasteiger partial charge on any atom is 0 e. The molecule has 2 heteroatoms. The third-order valence-corrected chi connectivity index (χ3v) is 1.65. The van der Waals surface area contributed by atoms with E-state index in [9.17, 15) is 0 Å². The standard InChI is InChI=1S/C11H8N.Ir/c1-2-6-10(7-3-1)11-8-4-5-9-12-11;/h1-7,9H;/q-1;. The number of pyridine rings is 1. The van der Waals surface area contributed by atoms with Gasteiger partial charge in [0.2, 0.25) is 0 Å². The van der Waals surface area contributed by atoms with Gasteiger partial charge >= 0.3 is 0 Å². The zero-order valence-electron chi connectivity index (χ0n) is 6.90. The minimum absolute atomic E-state index is 0. The second-order valence-electron chi connectivity index (χ2n) is 2.50. The van der Waals surface area contributed by atoms with Crippen LogP contribution in [0.2, 0.25) is 0 Å². The minimum Gasteiger partial charge on any atom is -0.296 e. The zero-order valence-corrected chi connectivity index (χ0v) is 9.29. The van der Waals surface area contributed by atoms with Gasteiger partial charge in [-0.05, 0) is 11.9 Å². The molecule has 1 aromatic heterocycles. The van der Waals surface area contributed by atoms with Crippen LogP contribution in [0.4, 0.5) is 0 Å². The molecule has 2 rings (SSSR count). The summed E-state index contributed by atoms with van der Waals surface area (Å²) in [6.07, 6.45) is 1.78. The molecule has 0 aliphatic carbocycles. The second-order valence-corrected chi connectivity index (χ2v) is 2.50. The van der Waals surface area contributed by atoms with Gasteiger partial charge in [0, 0.05) is 20.1 Å². The number of aromatic nitrogens is 1. The summed E-state index contributed by atoms with van der Waals surface area (Å²) in [5.41, 5.74) is 2.01. The Kier molecular flexibility index (Phi) is 3.81. The van der Waals surface area contributed by atoms with Gasteiger partial charge in [-0.15, -0.1) is 18.2 Å². The van der Waals surface area contributed by atoms with Gasteiger partial charge < -0.3 is 0 Å². The van der Waals surface area contributed by atoms with Crippen molar-refractivity contribution in [3.8, 4) is 11.3 Å². The third-order valence-electron chi connectivity index (χ3n) is 1.65. The Balaban J connectivity index is 0.000000845. The van der Waals surface area contributed by atoms with Gasteiger partial charge in [0.1, 0.15) is 0 Å². The van der Waals surface area contributed by atoms with Crippen LogP contribution in [-0.2, 0) is 20.1 Å². The van der Waals surface area contributed by atoms with E-state index in [4.69, 9.17) is 0 Å². The average Bonchev–Trinajstić information content (AvgIpc) is 2.21. The van der Waals surface area contributed by atoms with Crippen molar-refractivity contribution in [1.29, 1.82) is 0 Å². The fourth-order valence-electron chi connectivity index (χ4n) is 1.08. The van der Waals surface area contributed by atoms with Crippen LogP contribution in [0.3, 0.4) is 0 Å². The van der Waals surface area contributed by atoms with E-state index >= 15 is 0 Å². The summed E-state index contributed by atoms with van der Waals surface area (Å²) in [4.78, 5) is 4.19. The summed E-state index contributed by atoms with van der Waals surface area (Å²) in [6.45, 7) is 0. The molecule has 0 aliphatic rings. The van der Waals surface area contributed by atoms with Crippen LogP contribution in [0.5, 0.6) is 0 Å². The van der Waals surface area contributed by atoms with Gasteiger partial charge in [0.05, 0.1) is 0 Å². The first kappa shape index (κ1) is 10.1. The summed E-state index contributed by atoms with van der Waals surface area (Å²) in [5, 5.41) is 0. The minimum atomic E-state index is 0. The number of rotatable bonds is 1. The fraction of sp³-hybridized carbons (Fsp3) is 0. The summed E-state index contributed by atoms with van der Waals surface area (Å²) >= 11 is 0. The van der Waals surface area contributed by atoms with Gasteiger partial charge in [-0.1, -0.05) is 23.8 Å². The normalized spacial score (nSPS) is 8.92. The van der Waals surface area contributed by atoms with E-state index in [1.807, 2.05) is 42.5 Å². The molecule has 2 aromatic rings. The van der Waals surface area contributed by atoms with Gasteiger partial charge in [-0.2, -0.15) is 12.1 Å². The Labute approximate surface area is 91.2 Å². The predicted molar refractivity (Wildman–Crippen MR) is 48.5 cm³/mol. The third kappa shape index (κ3) is 2.48. The van der Waals surface area contributed by atoms with E-state index in [0.717, 1.165) is 11.3 Å². The fourth-order valence-corrected chi connectivity index (χ4v) is 1.08. The van der Waals surface area contributed by atoms with Crippen LogP contribution < -0.4 is 0 Å². The molecule has 0 N–H and O–H groups in total. The first-order valence-corrected chi connectivity index (χ1v) is 3.85. The molecule has 0 amide bonds. The Bertz CT molecular complexity index is 307. The average molecular weight is 346 g/mol. The molecule has 1 aromatic carbocycles. The molecule has 0 fully saturated rings. The number of hydrogen-bond acceptors (Lipinski definition) is 1. The van der Waals surface area contributed by atoms with Crippen LogP contribution >= 0.6 is 0 Å². The van der Waals surface area contributed by atoms with Crippen molar-refractivity contribution in [3.63, 3.8) is 0 Å². The van der Waals surface area contributed by atoms with Crippen molar-refractivity contribution in [2.24, 2.45) is 0 Å². The van der Waals surface area contributed by atoms with Crippen LogP contribution in [0, 0.1) is 6.07 Å². The van der Waals surface area contributed by atoms with Gasteiger partial charge in [-0.3, -0.25) is 4.98 Å². The van der Waals surface area contributed by atoms with Crippen molar-refractivity contribution in [3.05, 3.63) is 54.7 Å². The summed E-state index contributed by atoms with van der Waals surface area (Å²) in [7, 11) is 0. The predicted octanol–water partition coefficient (Wildman–Crippen LogP) is 2.55. The maximum atomic E-state index is 4.19. The molecule has 0 atom stereocenters. The van der Waals surface area contributed by atoms with Gasteiger partial charge in [-0.25, -0.2) is 0 Å². The second kappa shape index (κ2) is 4.90. The van der Waals surface area contributed by atoms with E-state index in [-0.39, 0.29) is 20.1 Å². The first-order chi connectivity index (χ1) is 5.97. The SMILES string of the molecule is [Ir].[c-]1cccnc1-c1ccccc1. The van der Waals surface area contributed by atoms with Crippen molar-refractivity contribution in [1.82, 2.24) is 4.98 Å². The van der Waals surface area contributed by atoms with E-state index < -0.39 is 0 Å². The molecule has 0 unspecified atom stereocenters. The molecule has 0 saturated heterocycles. The van der Waals surface area contributed by atoms with E-state index in [2.05, 4.69) is 11.1 Å². The topological polar surface area (TPSA) is 12.9 Å². The quantitative estimate of drug-likeness (QED) is 0.723. The molecule has 67 valence electrons. The molecule has 1 heterocycles. The Hall–Kier alpha value is -0.981. The van der Waals surface area contributed by atoms with Crippen LogP contribution in [0.15, 0.2) is 48.7 Å². The zero-order chi connectivity index (χ0) is 8.23. The van der Waals surface area contributed by atoms with Crippen LogP contribution in [0.25, 0.3) is 11.3 Å². The Morgan fingerprint density at radius 2 is 1.77 bits per heavy atom. The molecule has 0 aliphatic heterocycles. The molecular weight excluding hydrogens is 338 g/mol. The Morgan fingerprint density at radius 1 is 1.00 bits per heavy atom. The van der Waals surface area contributed by atoms with E-state index in [1.54, 1.807) is 6.20 Å². The maximum absolute atomic E-state index is 4.19. The van der Waals surface area contributed by atoms with E-state index in [1.165, 1.54) is 0 Å². The molecule has 0 saturated carbocycles. The summed E-state index contributed by atoms with van der Waals surface area (Å²) < 4.78 is 0. The molecule has 13 heavy (non-hydrogen) atoms. The van der Waals surface area contributed by atoms with Crippen LogP contribution in [-0.4, -0.2) is 4.98 Å².